The van der Waals surface area contributed by atoms with Gasteiger partial charge in [0.05, 0.1) is 4.88 Å². The Morgan fingerprint density at radius 3 is 2.71 bits per heavy atom. The highest BCUT2D eigenvalue weighted by Gasteiger charge is 2.14. The molecule has 1 atom stereocenters. The van der Waals surface area contributed by atoms with Crippen molar-refractivity contribution >= 4 is 51.4 Å². The summed E-state index contributed by atoms with van der Waals surface area (Å²) in [5, 5.41) is 8.43. The molecule has 7 heteroatoms. The third-order valence-corrected chi connectivity index (χ3v) is 4.18. The summed E-state index contributed by atoms with van der Waals surface area (Å²) in [5.41, 5.74) is 6.47. The zero-order valence-electron chi connectivity index (χ0n) is 11.2. The normalized spacial score (nSPS) is 12.8. The molecular formula is C14H14IN3O2S. The van der Waals surface area contributed by atoms with Crippen molar-refractivity contribution in [3.63, 3.8) is 0 Å². The Bertz CT molecular complexity index is 626. The lowest BCUT2D eigenvalue weighted by Crippen LogP contribution is -2.27. The zero-order valence-corrected chi connectivity index (χ0v) is 14.2. The van der Waals surface area contributed by atoms with Crippen molar-refractivity contribution in [2.75, 3.05) is 5.32 Å². The molecule has 3 N–H and O–H groups in total. The fourth-order valence-corrected chi connectivity index (χ4v) is 2.41. The van der Waals surface area contributed by atoms with Crippen LogP contribution in [0.1, 0.15) is 11.8 Å². The number of nitrogens with two attached hydrogens (primary N) is 1. The maximum absolute atomic E-state index is 12.0. The highest BCUT2D eigenvalue weighted by Crippen LogP contribution is 2.12. The quantitative estimate of drug-likeness (QED) is 0.341. The van der Waals surface area contributed by atoms with Crippen molar-refractivity contribution < 1.29 is 9.63 Å². The highest BCUT2D eigenvalue weighted by atomic mass is 127. The first-order valence-corrected chi connectivity index (χ1v) is 8.11. The minimum Gasteiger partial charge on any atom is -0.381 e. The summed E-state index contributed by atoms with van der Waals surface area (Å²) < 4.78 is 1.10. The van der Waals surface area contributed by atoms with Gasteiger partial charge in [0.15, 0.2) is 5.84 Å². The molecule has 0 bridgehead atoms. The van der Waals surface area contributed by atoms with Crippen molar-refractivity contribution in [3.8, 4) is 0 Å². The zero-order chi connectivity index (χ0) is 15.2. The van der Waals surface area contributed by atoms with Crippen LogP contribution in [0, 0.1) is 3.57 Å². The number of hydrogen-bond donors (Lipinski definition) is 2. The molecule has 0 aliphatic carbocycles. The predicted octanol–water partition coefficient (Wildman–Crippen LogP) is 3.02. The average Bonchev–Trinajstić information content (AvgIpc) is 3.01. The van der Waals surface area contributed by atoms with E-state index < -0.39 is 6.10 Å². The topological polar surface area (TPSA) is 76.7 Å². The van der Waals surface area contributed by atoms with Crippen molar-refractivity contribution in [3.05, 3.63) is 50.2 Å². The summed E-state index contributed by atoms with van der Waals surface area (Å²) in [4.78, 5) is 17.9. The number of amidine groups is 1. The van der Waals surface area contributed by atoms with E-state index in [9.17, 15) is 4.79 Å². The highest BCUT2D eigenvalue weighted by molar-refractivity contribution is 14.1. The average molecular weight is 415 g/mol. The van der Waals surface area contributed by atoms with Crippen LogP contribution in [-0.4, -0.2) is 17.8 Å². The Balaban J connectivity index is 1.90. The summed E-state index contributed by atoms with van der Waals surface area (Å²) >= 11 is 3.66. The summed E-state index contributed by atoms with van der Waals surface area (Å²) in [6, 6.07) is 11.2. The van der Waals surface area contributed by atoms with E-state index >= 15 is 0 Å². The Labute approximate surface area is 140 Å². The van der Waals surface area contributed by atoms with Gasteiger partial charge in [0.1, 0.15) is 0 Å². The molecule has 0 aliphatic heterocycles. The summed E-state index contributed by atoms with van der Waals surface area (Å²) in [6.07, 6.45) is -0.734. The van der Waals surface area contributed by atoms with Gasteiger partial charge >= 0.3 is 0 Å². The van der Waals surface area contributed by atoms with Crippen LogP contribution in [0.15, 0.2) is 46.9 Å². The number of halogens is 1. The van der Waals surface area contributed by atoms with Gasteiger partial charge in [-0.05, 0) is 65.2 Å². The van der Waals surface area contributed by atoms with Gasteiger partial charge in [-0.15, -0.1) is 11.3 Å². The van der Waals surface area contributed by atoms with E-state index in [2.05, 4.69) is 33.1 Å². The number of amides is 1. The molecule has 1 aromatic carbocycles. The lowest BCUT2D eigenvalue weighted by Gasteiger charge is -2.11. The molecule has 0 saturated heterocycles. The van der Waals surface area contributed by atoms with Gasteiger partial charge in [-0.3, -0.25) is 4.79 Å². The molecule has 110 valence electrons. The lowest BCUT2D eigenvalue weighted by atomic mass is 10.3. The number of thiophene rings is 1. The third kappa shape index (κ3) is 4.71. The van der Waals surface area contributed by atoms with Crippen molar-refractivity contribution in [1.82, 2.24) is 0 Å². The van der Waals surface area contributed by atoms with Crippen LogP contribution in [-0.2, 0) is 9.63 Å². The largest absolute Gasteiger partial charge is 0.381 e. The molecule has 5 nitrogen and oxygen atoms in total. The second kappa shape index (κ2) is 7.41. The number of carbonyl (C=O) groups excluding carboxylic acids is 1. The van der Waals surface area contributed by atoms with Gasteiger partial charge in [-0.1, -0.05) is 11.2 Å². The number of hydrogen-bond acceptors (Lipinski definition) is 4. The summed E-state index contributed by atoms with van der Waals surface area (Å²) in [7, 11) is 0. The van der Waals surface area contributed by atoms with Crippen LogP contribution in [0.4, 0.5) is 5.69 Å². The molecule has 0 spiro atoms. The minimum absolute atomic E-state index is 0.263. The van der Waals surface area contributed by atoms with Crippen LogP contribution in [0.3, 0.4) is 0 Å². The minimum atomic E-state index is -0.734. The van der Waals surface area contributed by atoms with Gasteiger partial charge in [-0.25, -0.2) is 0 Å². The fourth-order valence-electron chi connectivity index (χ4n) is 1.43. The van der Waals surface area contributed by atoms with E-state index in [1.807, 2.05) is 41.8 Å². The van der Waals surface area contributed by atoms with Gasteiger partial charge in [-0.2, -0.15) is 0 Å². The molecule has 1 unspecified atom stereocenters. The molecule has 0 saturated carbocycles. The first-order chi connectivity index (χ1) is 10.1. The molecular weight excluding hydrogens is 401 g/mol. The smallest absolute Gasteiger partial charge is 0.267 e. The number of nitrogens with zero attached hydrogens (tertiary/aromatic N) is 1. The maximum atomic E-state index is 12.0. The Hall–Kier alpha value is -1.61. The molecule has 0 radical (unpaired) electrons. The number of nitrogens with one attached hydrogen (secondary N) is 1. The number of benzene rings is 1. The monoisotopic (exact) mass is 415 g/mol. The number of carbonyl (C=O) groups is 1. The van der Waals surface area contributed by atoms with Crippen LogP contribution < -0.4 is 11.1 Å². The molecule has 2 aromatic rings. The molecule has 21 heavy (non-hydrogen) atoms. The Morgan fingerprint density at radius 1 is 1.38 bits per heavy atom. The lowest BCUT2D eigenvalue weighted by molar-refractivity contribution is -0.126. The third-order valence-electron chi connectivity index (χ3n) is 2.56. The number of oxime groups is 1. The van der Waals surface area contributed by atoms with Crippen LogP contribution in [0.25, 0.3) is 0 Å². The van der Waals surface area contributed by atoms with E-state index in [0.717, 1.165) is 8.45 Å². The van der Waals surface area contributed by atoms with Crippen molar-refractivity contribution in [2.45, 2.75) is 13.0 Å². The summed E-state index contributed by atoms with van der Waals surface area (Å²) in [6.45, 7) is 1.62. The van der Waals surface area contributed by atoms with E-state index in [4.69, 9.17) is 10.6 Å². The Morgan fingerprint density at radius 2 is 2.10 bits per heavy atom. The van der Waals surface area contributed by atoms with E-state index in [-0.39, 0.29) is 11.7 Å². The van der Waals surface area contributed by atoms with E-state index in [1.165, 1.54) is 11.3 Å². The first-order valence-electron chi connectivity index (χ1n) is 6.16. The number of anilines is 1. The molecule has 0 aliphatic rings. The standard InChI is InChI=1S/C14H14IN3O2S/c1-9(20-18-13(16)12-3-2-8-21-12)14(19)17-11-6-4-10(15)5-7-11/h2-9H,1H3,(H2,16,18)(H,17,19). The van der Waals surface area contributed by atoms with Crippen molar-refractivity contribution in [2.24, 2.45) is 10.9 Å². The Kier molecular flexibility index (Phi) is 5.57. The maximum Gasteiger partial charge on any atom is 0.267 e. The fraction of sp³-hybridized carbons (Fsp3) is 0.143. The van der Waals surface area contributed by atoms with Crippen LogP contribution in [0.2, 0.25) is 0 Å². The van der Waals surface area contributed by atoms with Gasteiger partial charge in [0.2, 0.25) is 6.10 Å². The molecule has 1 aromatic heterocycles. The number of rotatable bonds is 5. The van der Waals surface area contributed by atoms with Crippen LogP contribution >= 0.6 is 33.9 Å². The second-order valence-corrected chi connectivity index (χ2v) is 6.39. The summed E-state index contributed by atoms with van der Waals surface area (Å²) in [5.74, 6) is -0.0159. The molecule has 0 fully saturated rings. The predicted molar refractivity (Wildman–Crippen MR) is 93.4 cm³/mol. The van der Waals surface area contributed by atoms with E-state index in [1.54, 1.807) is 6.92 Å². The molecule has 1 amide bonds. The van der Waals surface area contributed by atoms with Crippen LogP contribution in [0.5, 0.6) is 0 Å². The van der Waals surface area contributed by atoms with Gasteiger partial charge in [0, 0.05) is 9.26 Å². The van der Waals surface area contributed by atoms with E-state index in [0.29, 0.717) is 5.69 Å². The molecule has 2 rings (SSSR count). The van der Waals surface area contributed by atoms with Gasteiger partial charge in [0.25, 0.3) is 5.91 Å². The second-order valence-electron chi connectivity index (χ2n) is 4.20. The first kappa shape index (κ1) is 15.8. The van der Waals surface area contributed by atoms with Crippen molar-refractivity contribution in [1.29, 1.82) is 0 Å². The van der Waals surface area contributed by atoms with Gasteiger partial charge < -0.3 is 15.9 Å². The SMILES string of the molecule is CC(O/N=C(/N)c1cccs1)C(=O)Nc1ccc(I)cc1. The molecule has 1 heterocycles.